The van der Waals surface area contributed by atoms with Gasteiger partial charge < -0.3 is 15.0 Å². The second kappa shape index (κ2) is 6.59. The zero-order valence-electron chi connectivity index (χ0n) is 14.7. The minimum Gasteiger partial charge on any atom is -0.378 e. The van der Waals surface area contributed by atoms with Crippen LogP contribution in [0.3, 0.4) is 0 Å². The number of pyridine rings is 1. The van der Waals surface area contributed by atoms with Crippen molar-refractivity contribution in [1.29, 1.82) is 0 Å². The second-order valence-electron chi connectivity index (χ2n) is 7.10. The molecule has 1 saturated carbocycles. The molecule has 1 aliphatic heterocycles. The Balaban J connectivity index is 1.51. The molecule has 0 bridgehead atoms. The fourth-order valence-electron chi connectivity index (χ4n) is 3.95. The standard InChI is InChI=1S/C19H24N4O2/c1-11-12(2)21-18(23-19(11)24)13-6-7-17(20-10-13)22-15-4-3-5-16-14(15)8-9-25-16/h6-7,10,14-16H,3-5,8-9H2,1-2H3,(H,20,22)(H,21,23,24). The molecule has 2 aromatic heterocycles. The number of ether oxygens (including phenoxy) is 1. The lowest BCUT2D eigenvalue weighted by Gasteiger charge is -2.33. The van der Waals surface area contributed by atoms with Crippen molar-refractivity contribution in [2.75, 3.05) is 11.9 Å². The summed E-state index contributed by atoms with van der Waals surface area (Å²) in [4.78, 5) is 23.7. The molecule has 0 spiro atoms. The maximum Gasteiger partial charge on any atom is 0.254 e. The molecule has 132 valence electrons. The van der Waals surface area contributed by atoms with E-state index in [0.29, 0.717) is 29.5 Å². The third kappa shape index (κ3) is 3.18. The summed E-state index contributed by atoms with van der Waals surface area (Å²) < 4.78 is 5.83. The molecule has 2 aromatic rings. The van der Waals surface area contributed by atoms with E-state index in [0.717, 1.165) is 30.1 Å². The quantitative estimate of drug-likeness (QED) is 0.898. The minimum atomic E-state index is -0.0980. The number of aryl methyl sites for hydroxylation is 1. The van der Waals surface area contributed by atoms with Crippen molar-refractivity contribution in [3.8, 4) is 11.4 Å². The first kappa shape index (κ1) is 16.3. The molecule has 0 amide bonds. The molecule has 25 heavy (non-hydrogen) atoms. The van der Waals surface area contributed by atoms with Crippen LogP contribution in [0.25, 0.3) is 11.4 Å². The number of nitrogens with zero attached hydrogens (tertiary/aromatic N) is 2. The lowest BCUT2D eigenvalue weighted by molar-refractivity contribution is 0.0619. The minimum absolute atomic E-state index is 0.0980. The number of aromatic amines is 1. The van der Waals surface area contributed by atoms with Crippen molar-refractivity contribution in [3.63, 3.8) is 0 Å². The van der Waals surface area contributed by atoms with Gasteiger partial charge >= 0.3 is 0 Å². The normalized spacial score (nSPS) is 25.6. The highest BCUT2D eigenvalue weighted by atomic mass is 16.5. The third-order valence-corrected chi connectivity index (χ3v) is 5.55. The summed E-state index contributed by atoms with van der Waals surface area (Å²) in [6.45, 7) is 4.51. The molecule has 3 heterocycles. The van der Waals surface area contributed by atoms with Crippen molar-refractivity contribution >= 4 is 5.82 Å². The van der Waals surface area contributed by atoms with Crippen LogP contribution in [0.5, 0.6) is 0 Å². The van der Waals surface area contributed by atoms with Crippen molar-refractivity contribution in [1.82, 2.24) is 15.0 Å². The number of hydrogen-bond donors (Lipinski definition) is 2. The lowest BCUT2D eigenvalue weighted by Crippen LogP contribution is -2.38. The van der Waals surface area contributed by atoms with E-state index in [1.807, 2.05) is 19.1 Å². The number of nitrogens with one attached hydrogen (secondary N) is 2. The van der Waals surface area contributed by atoms with Crippen LogP contribution in [-0.4, -0.2) is 33.7 Å². The number of hydrogen-bond acceptors (Lipinski definition) is 5. The molecular weight excluding hydrogens is 316 g/mol. The lowest BCUT2D eigenvalue weighted by atomic mass is 9.82. The topological polar surface area (TPSA) is 79.9 Å². The molecule has 0 aromatic carbocycles. The molecule has 3 atom stereocenters. The maximum absolute atomic E-state index is 11.9. The number of rotatable bonds is 3. The average molecular weight is 340 g/mol. The molecule has 2 fully saturated rings. The first-order valence-electron chi connectivity index (χ1n) is 9.04. The van der Waals surface area contributed by atoms with E-state index >= 15 is 0 Å². The molecular formula is C19H24N4O2. The first-order chi connectivity index (χ1) is 12.1. The van der Waals surface area contributed by atoms with Gasteiger partial charge in [-0.25, -0.2) is 9.97 Å². The highest BCUT2D eigenvalue weighted by Gasteiger charge is 2.37. The van der Waals surface area contributed by atoms with Crippen LogP contribution in [0.2, 0.25) is 0 Å². The molecule has 1 saturated heterocycles. The Morgan fingerprint density at radius 2 is 2.12 bits per heavy atom. The molecule has 6 heteroatoms. The molecule has 4 rings (SSSR count). The molecule has 3 unspecified atom stereocenters. The molecule has 0 radical (unpaired) electrons. The van der Waals surface area contributed by atoms with Crippen LogP contribution in [0.15, 0.2) is 23.1 Å². The van der Waals surface area contributed by atoms with Gasteiger partial charge in [0.05, 0.1) is 6.10 Å². The summed E-state index contributed by atoms with van der Waals surface area (Å²) in [7, 11) is 0. The van der Waals surface area contributed by atoms with Gasteiger partial charge in [0.1, 0.15) is 11.6 Å². The Labute approximate surface area is 147 Å². The summed E-state index contributed by atoms with van der Waals surface area (Å²) >= 11 is 0. The van der Waals surface area contributed by atoms with E-state index in [1.165, 1.54) is 19.3 Å². The number of fused-ring (bicyclic) bond motifs is 1. The monoisotopic (exact) mass is 340 g/mol. The van der Waals surface area contributed by atoms with Crippen LogP contribution in [0.1, 0.15) is 36.9 Å². The Bertz CT molecular complexity index is 815. The van der Waals surface area contributed by atoms with E-state index in [1.54, 1.807) is 13.1 Å². The van der Waals surface area contributed by atoms with Crippen LogP contribution in [-0.2, 0) is 4.74 Å². The summed E-state index contributed by atoms with van der Waals surface area (Å²) in [5.74, 6) is 2.02. The van der Waals surface area contributed by atoms with Crippen LogP contribution >= 0.6 is 0 Å². The van der Waals surface area contributed by atoms with Gasteiger partial charge in [0.25, 0.3) is 5.56 Å². The van der Waals surface area contributed by atoms with E-state index in [9.17, 15) is 4.79 Å². The number of aromatic nitrogens is 3. The van der Waals surface area contributed by atoms with Gasteiger partial charge in [-0.15, -0.1) is 0 Å². The Morgan fingerprint density at radius 1 is 1.24 bits per heavy atom. The first-order valence-corrected chi connectivity index (χ1v) is 9.04. The maximum atomic E-state index is 11.9. The molecule has 2 N–H and O–H groups in total. The fourth-order valence-corrected chi connectivity index (χ4v) is 3.95. The third-order valence-electron chi connectivity index (χ3n) is 5.55. The van der Waals surface area contributed by atoms with Crippen LogP contribution in [0.4, 0.5) is 5.82 Å². The Kier molecular flexibility index (Phi) is 4.29. The largest absolute Gasteiger partial charge is 0.378 e. The van der Waals surface area contributed by atoms with Crippen molar-refractivity contribution in [2.24, 2.45) is 5.92 Å². The van der Waals surface area contributed by atoms with Gasteiger partial charge in [-0.2, -0.15) is 0 Å². The Morgan fingerprint density at radius 3 is 2.88 bits per heavy atom. The van der Waals surface area contributed by atoms with Crippen LogP contribution in [0, 0.1) is 19.8 Å². The number of anilines is 1. The smallest absolute Gasteiger partial charge is 0.254 e. The van der Waals surface area contributed by atoms with Gasteiger partial charge in [0.15, 0.2) is 0 Å². The van der Waals surface area contributed by atoms with Gasteiger partial charge in [-0.05, 0) is 51.7 Å². The van der Waals surface area contributed by atoms with Crippen molar-refractivity contribution in [3.05, 3.63) is 39.9 Å². The fraction of sp³-hybridized carbons (Fsp3) is 0.526. The summed E-state index contributed by atoms with van der Waals surface area (Å²) in [5, 5.41) is 3.58. The summed E-state index contributed by atoms with van der Waals surface area (Å²) in [5.41, 5.74) is 2.12. The molecule has 2 aliphatic rings. The van der Waals surface area contributed by atoms with Crippen molar-refractivity contribution in [2.45, 2.75) is 51.7 Å². The summed E-state index contributed by atoms with van der Waals surface area (Å²) in [6, 6.07) is 4.34. The van der Waals surface area contributed by atoms with Gasteiger partial charge in [0, 0.05) is 41.6 Å². The second-order valence-corrected chi connectivity index (χ2v) is 7.10. The van der Waals surface area contributed by atoms with Gasteiger partial charge in [-0.3, -0.25) is 4.79 Å². The summed E-state index contributed by atoms with van der Waals surface area (Å²) in [6.07, 6.45) is 6.86. The van der Waals surface area contributed by atoms with E-state index in [-0.39, 0.29) is 5.56 Å². The van der Waals surface area contributed by atoms with E-state index < -0.39 is 0 Å². The molecule has 6 nitrogen and oxygen atoms in total. The van der Waals surface area contributed by atoms with Crippen molar-refractivity contribution < 1.29 is 4.74 Å². The zero-order chi connectivity index (χ0) is 17.4. The molecule has 1 aliphatic carbocycles. The zero-order valence-corrected chi connectivity index (χ0v) is 14.7. The SMILES string of the molecule is Cc1nc(-c2ccc(NC3CCCC4OCCC34)nc2)[nH]c(=O)c1C. The van der Waals surface area contributed by atoms with E-state index in [2.05, 4.69) is 20.3 Å². The van der Waals surface area contributed by atoms with E-state index in [4.69, 9.17) is 4.74 Å². The highest BCUT2D eigenvalue weighted by molar-refractivity contribution is 5.56. The average Bonchev–Trinajstić information content (AvgIpc) is 3.10. The van der Waals surface area contributed by atoms with Crippen LogP contribution < -0.4 is 10.9 Å². The van der Waals surface area contributed by atoms with Gasteiger partial charge in [-0.1, -0.05) is 0 Å². The Hall–Kier alpha value is -2.21. The number of H-pyrrole nitrogens is 1. The predicted molar refractivity (Wildman–Crippen MR) is 96.7 cm³/mol. The predicted octanol–water partition coefficient (Wildman–Crippen LogP) is 2.82. The van der Waals surface area contributed by atoms with Gasteiger partial charge in [0.2, 0.25) is 0 Å². The highest BCUT2D eigenvalue weighted by Crippen LogP contribution is 2.35.